The number of halogens is 1. The first-order valence-electron chi connectivity index (χ1n) is 13.4. The van der Waals surface area contributed by atoms with Gasteiger partial charge in [0.25, 0.3) is 0 Å². The van der Waals surface area contributed by atoms with Gasteiger partial charge in [0.1, 0.15) is 11.3 Å². The van der Waals surface area contributed by atoms with Crippen molar-refractivity contribution in [2.75, 3.05) is 13.7 Å². The Morgan fingerprint density at radius 2 is 1.80 bits per heavy atom. The van der Waals surface area contributed by atoms with E-state index in [1.807, 2.05) is 22.9 Å². The molecule has 1 aromatic heterocycles. The summed E-state index contributed by atoms with van der Waals surface area (Å²) in [6.45, 7) is 10.7. The molecule has 0 bridgehead atoms. The minimum atomic E-state index is -1.47. The molecule has 5 rings (SSSR count). The molecule has 0 spiro atoms. The topological polar surface area (TPSA) is 125 Å². The van der Waals surface area contributed by atoms with Gasteiger partial charge < -0.3 is 28.8 Å². The molecule has 2 aliphatic rings. The molecule has 2 fully saturated rings. The van der Waals surface area contributed by atoms with Crippen LogP contribution >= 0.6 is 11.6 Å². The van der Waals surface area contributed by atoms with Gasteiger partial charge in [0.2, 0.25) is 5.24 Å². The SMILES string of the molecule is CC1(C)OB(c2ccc3c(c2)nnn3C2CCCCO2)OC1(C)C.CCC(=O)Cl.COc1ccccc1B(O)O. The molecule has 2 N–H and O–H groups in total. The number of carbonyl (C=O) groups is 1. The summed E-state index contributed by atoms with van der Waals surface area (Å²) in [5, 5.41) is 26.0. The maximum atomic E-state index is 9.58. The number of nitrogens with zero attached hydrogens (tertiary/aromatic N) is 3. The lowest BCUT2D eigenvalue weighted by atomic mass is 9.79. The van der Waals surface area contributed by atoms with Crippen molar-refractivity contribution in [1.29, 1.82) is 0 Å². The van der Waals surface area contributed by atoms with Gasteiger partial charge in [-0.2, -0.15) is 0 Å². The number of fused-ring (bicyclic) bond motifs is 1. The summed E-state index contributed by atoms with van der Waals surface area (Å²) in [7, 11) is -0.358. The highest BCUT2D eigenvalue weighted by molar-refractivity contribution is 6.63. The fourth-order valence-electron chi connectivity index (χ4n) is 4.09. The number of ether oxygens (including phenoxy) is 2. The third-order valence-corrected chi connectivity index (χ3v) is 7.41. The van der Waals surface area contributed by atoms with E-state index in [0.717, 1.165) is 42.4 Å². The number of benzene rings is 2. The number of carbonyl (C=O) groups excluding carboxylic acids is 1. The number of aromatic nitrogens is 3. The van der Waals surface area contributed by atoms with Crippen LogP contribution in [0.5, 0.6) is 5.75 Å². The Bertz CT molecular complexity index is 1250. The van der Waals surface area contributed by atoms with Gasteiger partial charge in [0, 0.05) is 18.5 Å². The zero-order valence-corrected chi connectivity index (χ0v) is 24.7. The molecule has 1 unspecified atom stereocenters. The molecule has 13 heteroatoms. The van der Waals surface area contributed by atoms with Crippen molar-refractivity contribution in [2.45, 2.75) is 77.7 Å². The van der Waals surface area contributed by atoms with Gasteiger partial charge in [-0.25, -0.2) is 4.68 Å². The second kappa shape index (κ2) is 13.9. The van der Waals surface area contributed by atoms with E-state index in [9.17, 15) is 4.79 Å². The highest BCUT2D eigenvalue weighted by Gasteiger charge is 2.51. The molecule has 3 aromatic rings. The van der Waals surface area contributed by atoms with E-state index in [0.29, 0.717) is 17.6 Å². The fourth-order valence-corrected chi connectivity index (χ4v) is 4.09. The fraction of sp³-hybridized carbons (Fsp3) is 0.519. The Labute approximate surface area is 241 Å². The normalized spacial score (nSPS) is 19.2. The Morgan fingerprint density at radius 3 is 2.33 bits per heavy atom. The summed E-state index contributed by atoms with van der Waals surface area (Å²) < 4.78 is 24.8. The lowest BCUT2D eigenvalue weighted by Gasteiger charge is -2.32. The second-order valence-corrected chi connectivity index (χ2v) is 10.9. The quantitative estimate of drug-likeness (QED) is 0.350. The molecule has 2 saturated heterocycles. The van der Waals surface area contributed by atoms with Crippen molar-refractivity contribution in [2.24, 2.45) is 0 Å². The molecule has 0 saturated carbocycles. The third kappa shape index (κ3) is 7.84. The number of para-hydroxylation sites is 1. The predicted molar refractivity (Wildman–Crippen MR) is 156 cm³/mol. The van der Waals surface area contributed by atoms with Crippen LogP contribution in [0.2, 0.25) is 0 Å². The van der Waals surface area contributed by atoms with Crippen molar-refractivity contribution in [3.63, 3.8) is 0 Å². The van der Waals surface area contributed by atoms with Crippen LogP contribution in [-0.2, 0) is 18.8 Å². The van der Waals surface area contributed by atoms with E-state index >= 15 is 0 Å². The lowest BCUT2D eigenvalue weighted by Crippen LogP contribution is -2.41. The molecule has 40 heavy (non-hydrogen) atoms. The van der Waals surface area contributed by atoms with Crippen LogP contribution < -0.4 is 15.7 Å². The summed E-state index contributed by atoms with van der Waals surface area (Å²) >= 11 is 4.82. The van der Waals surface area contributed by atoms with Crippen LogP contribution in [0.1, 0.15) is 66.5 Å². The zero-order valence-electron chi connectivity index (χ0n) is 24.0. The van der Waals surface area contributed by atoms with Crippen LogP contribution in [0.25, 0.3) is 11.0 Å². The van der Waals surface area contributed by atoms with Gasteiger partial charge in [-0.15, -0.1) is 5.10 Å². The maximum Gasteiger partial charge on any atom is 0.494 e. The molecule has 3 heterocycles. The third-order valence-electron chi connectivity index (χ3n) is 7.14. The van der Waals surface area contributed by atoms with Crippen molar-refractivity contribution < 1.29 is 33.6 Å². The van der Waals surface area contributed by atoms with Crippen LogP contribution in [0, 0.1) is 0 Å². The first kappa shape index (κ1) is 32.0. The molecule has 10 nitrogen and oxygen atoms in total. The lowest BCUT2D eigenvalue weighted by molar-refractivity contribution is -0.111. The molecular formula is C27H38B2ClN3O7. The predicted octanol–water partition coefficient (Wildman–Crippen LogP) is 2.97. The smallest absolute Gasteiger partial charge is 0.494 e. The van der Waals surface area contributed by atoms with Crippen molar-refractivity contribution >= 4 is 53.0 Å². The van der Waals surface area contributed by atoms with Crippen LogP contribution in [0.3, 0.4) is 0 Å². The van der Waals surface area contributed by atoms with E-state index < -0.39 is 7.12 Å². The average Bonchev–Trinajstić information content (AvgIpc) is 3.46. The molecule has 2 aromatic carbocycles. The number of hydrogen-bond donors (Lipinski definition) is 2. The summed E-state index contributed by atoms with van der Waals surface area (Å²) in [5.74, 6) is 0.488. The largest absolute Gasteiger partial charge is 0.497 e. The summed E-state index contributed by atoms with van der Waals surface area (Å²) in [6, 6.07) is 12.8. The van der Waals surface area contributed by atoms with Crippen LogP contribution in [0.15, 0.2) is 42.5 Å². The van der Waals surface area contributed by atoms with Crippen molar-refractivity contribution in [3.8, 4) is 5.75 Å². The average molecular weight is 574 g/mol. The molecule has 216 valence electrons. The molecule has 2 aliphatic heterocycles. The number of methoxy groups -OCH3 is 1. The molecule has 1 atom stereocenters. The van der Waals surface area contributed by atoms with E-state index in [4.69, 9.17) is 40.4 Å². The van der Waals surface area contributed by atoms with E-state index in [1.165, 1.54) is 7.11 Å². The van der Waals surface area contributed by atoms with Gasteiger partial charge in [0.15, 0.2) is 6.23 Å². The number of rotatable bonds is 5. The Morgan fingerprint density at radius 1 is 1.15 bits per heavy atom. The van der Waals surface area contributed by atoms with Gasteiger partial charge in [-0.3, -0.25) is 4.79 Å². The first-order chi connectivity index (χ1) is 18.9. The van der Waals surface area contributed by atoms with Crippen molar-refractivity contribution in [1.82, 2.24) is 15.0 Å². The van der Waals surface area contributed by atoms with Gasteiger partial charge in [-0.1, -0.05) is 36.4 Å². The molecule has 0 radical (unpaired) electrons. The maximum absolute atomic E-state index is 9.58. The molecule has 0 amide bonds. The van der Waals surface area contributed by atoms with E-state index in [-0.39, 0.29) is 29.8 Å². The standard InChI is InChI=1S/C17H24BN3O3.C7H9BO3.C3H5ClO/c1-16(2)17(3,4)24-18(23-16)12-8-9-14-13(11-12)19-20-21(14)15-7-5-6-10-22-15;1-11-7-5-3-2-4-6(7)8(9)10;1-2-3(4)5/h8-9,11,15H,5-7,10H2,1-4H3;2-5,9-10H,1H3;2H2,1H3. The van der Waals surface area contributed by atoms with Gasteiger partial charge in [-0.05, 0) is 82.2 Å². The highest BCUT2D eigenvalue weighted by Crippen LogP contribution is 2.36. The van der Waals surface area contributed by atoms with E-state index in [2.05, 4.69) is 38.0 Å². The molecule has 0 aliphatic carbocycles. The Balaban J connectivity index is 0.000000229. The summed E-state index contributed by atoms with van der Waals surface area (Å²) in [6.07, 6.45) is 3.69. The summed E-state index contributed by atoms with van der Waals surface area (Å²) in [4.78, 5) is 9.58. The number of hydrogen-bond acceptors (Lipinski definition) is 9. The van der Waals surface area contributed by atoms with Crippen LogP contribution in [0.4, 0.5) is 0 Å². The van der Waals surface area contributed by atoms with Gasteiger partial charge in [0.05, 0.1) is 23.8 Å². The molecular weight excluding hydrogens is 535 g/mol. The van der Waals surface area contributed by atoms with Crippen LogP contribution in [-0.4, -0.2) is 69.4 Å². The minimum absolute atomic E-state index is 0.00792. The Hall–Kier alpha value is -2.47. The Kier molecular flexibility index (Phi) is 11.2. The van der Waals surface area contributed by atoms with E-state index in [1.54, 1.807) is 31.2 Å². The first-order valence-corrected chi connectivity index (χ1v) is 13.8. The monoisotopic (exact) mass is 573 g/mol. The highest BCUT2D eigenvalue weighted by atomic mass is 35.5. The van der Waals surface area contributed by atoms with Crippen molar-refractivity contribution in [3.05, 3.63) is 42.5 Å². The minimum Gasteiger partial charge on any atom is -0.497 e. The zero-order chi connectivity index (χ0) is 29.5. The van der Waals surface area contributed by atoms with Gasteiger partial charge >= 0.3 is 14.2 Å². The second-order valence-electron chi connectivity index (χ2n) is 10.5. The summed E-state index contributed by atoms with van der Waals surface area (Å²) in [5.41, 5.74) is 2.49.